The molecule has 0 saturated carbocycles. The molecule has 1 amide bonds. The third-order valence-corrected chi connectivity index (χ3v) is 5.62. The van der Waals surface area contributed by atoms with Crippen molar-refractivity contribution in [2.75, 3.05) is 31.1 Å². The zero-order chi connectivity index (χ0) is 21.8. The Morgan fingerprint density at radius 3 is 2.42 bits per heavy atom. The van der Waals surface area contributed by atoms with Crippen LogP contribution in [0.25, 0.3) is 22.2 Å². The standard InChI is InChI=1S/C23H23ClN4O3/c24-17-9-10-19-18(15-17)22(16-5-2-1-3-6-16)26-23(25-19)28-13-11-27(12-14-28)20(29)7-4-8-21(30)31/h1-3,5-6,9-10,15H,4,7-8,11-14H2,(H,30,31). The Kier molecular flexibility index (Phi) is 6.32. The van der Waals surface area contributed by atoms with Crippen LogP contribution >= 0.6 is 11.6 Å². The molecule has 0 spiro atoms. The quantitative estimate of drug-likeness (QED) is 0.629. The third kappa shape index (κ3) is 4.94. The molecular weight excluding hydrogens is 416 g/mol. The fraction of sp³-hybridized carbons (Fsp3) is 0.304. The van der Waals surface area contributed by atoms with Gasteiger partial charge in [-0.05, 0) is 24.6 Å². The lowest BCUT2D eigenvalue weighted by Gasteiger charge is -2.35. The Balaban J connectivity index is 1.54. The van der Waals surface area contributed by atoms with E-state index in [2.05, 4.69) is 4.90 Å². The number of rotatable bonds is 6. The van der Waals surface area contributed by atoms with Gasteiger partial charge >= 0.3 is 5.97 Å². The summed E-state index contributed by atoms with van der Waals surface area (Å²) in [7, 11) is 0. The maximum absolute atomic E-state index is 12.3. The Morgan fingerprint density at radius 2 is 1.71 bits per heavy atom. The Bertz CT molecular complexity index is 1100. The van der Waals surface area contributed by atoms with Crippen LogP contribution in [0.5, 0.6) is 0 Å². The molecule has 0 aliphatic carbocycles. The first-order valence-corrected chi connectivity index (χ1v) is 10.7. The van der Waals surface area contributed by atoms with Crippen LogP contribution in [0.2, 0.25) is 5.02 Å². The molecule has 0 bridgehead atoms. The third-order valence-electron chi connectivity index (χ3n) is 5.39. The van der Waals surface area contributed by atoms with Gasteiger partial charge in [-0.2, -0.15) is 0 Å². The molecule has 1 N–H and O–H groups in total. The molecule has 0 radical (unpaired) electrons. The van der Waals surface area contributed by atoms with Crippen molar-refractivity contribution in [2.24, 2.45) is 0 Å². The summed E-state index contributed by atoms with van der Waals surface area (Å²) in [4.78, 5) is 36.5. The summed E-state index contributed by atoms with van der Waals surface area (Å²) in [5.41, 5.74) is 2.64. The molecule has 1 aromatic heterocycles. The zero-order valence-corrected chi connectivity index (χ0v) is 17.8. The zero-order valence-electron chi connectivity index (χ0n) is 17.0. The molecular formula is C23H23ClN4O3. The number of amides is 1. The minimum atomic E-state index is -0.874. The van der Waals surface area contributed by atoms with Crippen molar-refractivity contribution in [3.63, 3.8) is 0 Å². The molecule has 1 aliphatic heterocycles. The second kappa shape index (κ2) is 9.31. The van der Waals surface area contributed by atoms with Gasteiger partial charge in [-0.25, -0.2) is 9.97 Å². The monoisotopic (exact) mass is 438 g/mol. The van der Waals surface area contributed by atoms with Crippen LogP contribution in [-0.2, 0) is 9.59 Å². The number of carbonyl (C=O) groups is 2. The highest BCUT2D eigenvalue weighted by atomic mass is 35.5. The first-order valence-electron chi connectivity index (χ1n) is 10.3. The van der Waals surface area contributed by atoms with E-state index in [1.165, 1.54) is 0 Å². The SMILES string of the molecule is O=C(O)CCCC(=O)N1CCN(c2nc(-c3ccccc3)c3cc(Cl)ccc3n2)CC1. The van der Waals surface area contributed by atoms with Crippen molar-refractivity contribution in [3.8, 4) is 11.3 Å². The molecule has 0 unspecified atom stereocenters. The lowest BCUT2D eigenvalue weighted by atomic mass is 10.1. The molecule has 8 heteroatoms. The Hall–Kier alpha value is -3.19. The van der Waals surface area contributed by atoms with Crippen molar-refractivity contribution < 1.29 is 14.7 Å². The maximum Gasteiger partial charge on any atom is 0.303 e. The average Bonchev–Trinajstić information content (AvgIpc) is 2.79. The average molecular weight is 439 g/mol. The molecule has 3 aromatic rings. The number of hydrogen-bond donors (Lipinski definition) is 1. The number of benzene rings is 2. The fourth-order valence-corrected chi connectivity index (χ4v) is 3.92. The van der Waals surface area contributed by atoms with E-state index < -0.39 is 5.97 Å². The number of aromatic nitrogens is 2. The molecule has 0 atom stereocenters. The van der Waals surface area contributed by atoms with Crippen LogP contribution in [0, 0.1) is 0 Å². The van der Waals surface area contributed by atoms with Gasteiger partial charge in [0.05, 0.1) is 11.2 Å². The highest BCUT2D eigenvalue weighted by molar-refractivity contribution is 6.31. The Labute approximate surface area is 185 Å². The minimum Gasteiger partial charge on any atom is -0.481 e. The molecule has 1 aliphatic rings. The van der Waals surface area contributed by atoms with Crippen molar-refractivity contribution in [2.45, 2.75) is 19.3 Å². The van der Waals surface area contributed by atoms with Gasteiger partial charge in [-0.1, -0.05) is 41.9 Å². The van der Waals surface area contributed by atoms with E-state index in [0.717, 1.165) is 22.2 Å². The summed E-state index contributed by atoms with van der Waals surface area (Å²) < 4.78 is 0. The van der Waals surface area contributed by atoms with E-state index in [1.54, 1.807) is 4.90 Å². The molecule has 160 valence electrons. The highest BCUT2D eigenvalue weighted by Crippen LogP contribution is 2.30. The smallest absolute Gasteiger partial charge is 0.303 e. The van der Waals surface area contributed by atoms with E-state index in [1.807, 2.05) is 48.5 Å². The number of fused-ring (bicyclic) bond motifs is 1. The molecule has 1 fully saturated rings. The Morgan fingerprint density at radius 1 is 0.968 bits per heavy atom. The summed E-state index contributed by atoms with van der Waals surface area (Å²) in [5, 5.41) is 10.3. The van der Waals surface area contributed by atoms with Gasteiger partial charge in [-0.15, -0.1) is 0 Å². The van der Waals surface area contributed by atoms with Crippen LogP contribution in [0.1, 0.15) is 19.3 Å². The molecule has 1 saturated heterocycles. The second-order valence-electron chi connectivity index (χ2n) is 7.51. The first-order chi connectivity index (χ1) is 15.0. The lowest BCUT2D eigenvalue weighted by molar-refractivity contribution is -0.137. The summed E-state index contributed by atoms with van der Waals surface area (Å²) in [6.45, 7) is 2.37. The van der Waals surface area contributed by atoms with Gasteiger partial charge < -0.3 is 14.9 Å². The van der Waals surface area contributed by atoms with E-state index >= 15 is 0 Å². The van der Waals surface area contributed by atoms with E-state index in [4.69, 9.17) is 26.7 Å². The van der Waals surface area contributed by atoms with Crippen molar-refractivity contribution in [1.82, 2.24) is 14.9 Å². The van der Waals surface area contributed by atoms with Gasteiger partial charge in [-0.3, -0.25) is 9.59 Å². The highest BCUT2D eigenvalue weighted by Gasteiger charge is 2.23. The van der Waals surface area contributed by atoms with E-state index in [-0.39, 0.29) is 18.7 Å². The van der Waals surface area contributed by atoms with Crippen LogP contribution < -0.4 is 4.90 Å². The molecule has 7 nitrogen and oxygen atoms in total. The second-order valence-corrected chi connectivity index (χ2v) is 7.95. The van der Waals surface area contributed by atoms with Gasteiger partial charge in [0.15, 0.2) is 0 Å². The van der Waals surface area contributed by atoms with Crippen LogP contribution in [-0.4, -0.2) is 58.0 Å². The fourth-order valence-electron chi connectivity index (χ4n) is 3.75. The molecule has 4 rings (SSSR count). The number of nitrogens with zero attached hydrogens (tertiary/aromatic N) is 4. The van der Waals surface area contributed by atoms with Crippen molar-refractivity contribution in [3.05, 3.63) is 53.6 Å². The number of anilines is 1. The number of carbonyl (C=O) groups excluding carboxylic acids is 1. The van der Waals surface area contributed by atoms with E-state index in [0.29, 0.717) is 43.6 Å². The predicted molar refractivity (Wildman–Crippen MR) is 120 cm³/mol. The minimum absolute atomic E-state index is 0.0000497. The number of piperazine rings is 1. The van der Waals surface area contributed by atoms with Gasteiger partial charge in [0.2, 0.25) is 11.9 Å². The summed E-state index contributed by atoms with van der Waals surface area (Å²) in [6, 6.07) is 15.6. The number of carboxylic acids is 1. The first kappa shape index (κ1) is 21.1. The van der Waals surface area contributed by atoms with Crippen molar-refractivity contribution >= 4 is 40.3 Å². The largest absolute Gasteiger partial charge is 0.481 e. The summed E-state index contributed by atoms with van der Waals surface area (Å²) in [6.07, 6.45) is 0.645. The molecule has 2 heterocycles. The van der Waals surface area contributed by atoms with Crippen LogP contribution in [0.4, 0.5) is 5.95 Å². The van der Waals surface area contributed by atoms with Crippen molar-refractivity contribution in [1.29, 1.82) is 0 Å². The topological polar surface area (TPSA) is 86.6 Å². The maximum atomic E-state index is 12.3. The van der Waals surface area contributed by atoms with E-state index in [9.17, 15) is 9.59 Å². The molecule has 31 heavy (non-hydrogen) atoms. The summed E-state index contributed by atoms with van der Waals surface area (Å²) >= 11 is 6.23. The predicted octanol–water partition coefficient (Wildman–Crippen LogP) is 3.85. The number of aliphatic carboxylic acids is 1. The van der Waals surface area contributed by atoms with Crippen LogP contribution in [0.15, 0.2) is 48.5 Å². The number of halogens is 1. The van der Waals surface area contributed by atoms with Crippen LogP contribution in [0.3, 0.4) is 0 Å². The number of carboxylic acid groups (broad SMARTS) is 1. The number of hydrogen-bond acceptors (Lipinski definition) is 5. The molecule has 2 aromatic carbocycles. The lowest BCUT2D eigenvalue weighted by Crippen LogP contribution is -2.49. The van der Waals surface area contributed by atoms with Gasteiger partial charge in [0.25, 0.3) is 0 Å². The summed E-state index contributed by atoms with van der Waals surface area (Å²) in [5.74, 6) is -0.242. The van der Waals surface area contributed by atoms with Gasteiger partial charge in [0, 0.05) is 55.0 Å². The normalized spacial score (nSPS) is 14.1. The van der Waals surface area contributed by atoms with Gasteiger partial charge in [0.1, 0.15) is 0 Å².